The van der Waals surface area contributed by atoms with Gasteiger partial charge in [0, 0.05) is 6.08 Å². The minimum Gasteiger partial charge on any atom is -0.384 e. The van der Waals surface area contributed by atoms with Gasteiger partial charge >= 0.3 is 0 Å². The summed E-state index contributed by atoms with van der Waals surface area (Å²) in [4.78, 5) is 3.68. The van der Waals surface area contributed by atoms with Gasteiger partial charge in [-0.2, -0.15) is 0 Å². The highest BCUT2D eigenvalue weighted by atomic mass is 127. The molecule has 0 radical (unpaired) electrons. The van der Waals surface area contributed by atoms with Gasteiger partial charge in [0.15, 0.2) is 3.83 Å². The van der Waals surface area contributed by atoms with Crippen molar-refractivity contribution in [3.05, 3.63) is 9.91 Å². The summed E-state index contributed by atoms with van der Waals surface area (Å²) >= 11 is -0.573. The van der Waals surface area contributed by atoms with Gasteiger partial charge in [-0.05, 0) is 20.7 Å². The predicted molar refractivity (Wildman–Crippen MR) is 40.9 cm³/mol. The summed E-state index contributed by atoms with van der Waals surface area (Å²) < 4.78 is 13.6. The van der Waals surface area contributed by atoms with Crippen LogP contribution in [0.1, 0.15) is 0 Å². The van der Waals surface area contributed by atoms with Crippen LogP contribution in [-0.4, -0.2) is 9.97 Å². The molecule has 0 aromatic rings. The number of nitrogens with zero attached hydrogens (tertiary/aromatic N) is 1. The number of hydrogen-bond acceptors (Lipinski definition) is 2. The molecule has 4 heteroatoms. The molecular weight excluding hydrogens is 222 g/mol. The van der Waals surface area contributed by atoms with Crippen LogP contribution in [0.3, 0.4) is 0 Å². The molecule has 2 N–H and O–H groups in total. The monoisotopic (exact) mass is 226 g/mol. The lowest BCUT2D eigenvalue weighted by Gasteiger charge is -1.92. The highest BCUT2D eigenvalue weighted by Crippen LogP contribution is 2.16. The summed E-state index contributed by atoms with van der Waals surface area (Å²) in [5.41, 5.74) is 5.15. The Kier molecular flexibility index (Phi) is 1.72. The van der Waals surface area contributed by atoms with Crippen LogP contribution >= 0.6 is 20.7 Å². The Morgan fingerprint density at radius 2 is 2.50 bits per heavy atom. The van der Waals surface area contributed by atoms with Gasteiger partial charge in [0.2, 0.25) is 0 Å². The zero-order valence-corrected chi connectivity index (χ0v) is 6.09. The SMILES string of the molecule is NC1=NC=IC(F)=C1. The summed E-state index contributed by atoms with van der Waals surface area (Å²) in [6, 6.07) is 0. The van der Waals surface area contributed by atoms with E-state index in [-0.39, 0.29) is 9.67 Å². The van der Waals surface area contributed by atoms with E-state index in [1.807, 2.05) is 0 Å². The molecule has 0 saturated carbocycles. The highest BCUT2D eigenvalue weighted by Gasteiger charge is 1.94. The van der Waals surface area contributed by atoms with Crippen LogP contribution in [0.5, 0.6) is 0 Å². The quantitative estimate of drug-likeness (QED) is 0.612. The number of aliphatic imine (C=N–C) groups is 1. The molecule has 0 atom stereocenters. The number of rotatable bonds is 0. The van der Waals surface area contributed by atoms with E-state index in [0.717, 1.165) is 0 Å². The Balaban J connectivity index is 2.89. The maximum Gasteiger partial charge on any atom is 0.160 e. The zero-order chi connectivity index (χ0) is 5.98. The second-order valence-corrected chi connectivity index (χ2v) is 3.41. The Morgan fingerprint density at radius 3 is 2.88 bits per heavy atom. The maximum absolute atomic E-state index is 12.2. The number of amidine groups is 1. The van der Waals surface area contributed by atoms with Crippen molar-refractivity contribution in [3.8, 4) is 0 Å². The third kappa shape index (κ3) is 1.36. The van der Waals surface area contributed by atoms with Gasteiger partial charge in [-0.15, -0.1) is 0 Å². The fourth-order valence-corrected chi connectivity index (χ4v) is 1.53. The average molecular weight is 226 g/mol. The first-order valence-electron chi connectivity index (χ1n) is 1.94. The first-order chi connectivity index (χ1) is 3.79. The first-order valence-corrected chi connectivity index (χ1v) is 4.27. The van der Waals surface area contributed by atoms with Gasteiger partial charge in [0.1, 0.15) is 5.84 Å². The van der Waals surface area contributed by atoms with Crippen molar-refractivity contribution in [1.29, 1.82) is 0 Å². The first kappa shape index (κ1) is 5.87. The molecule has 0 saturated heterocycles. The molecular formula is C4H4FIN2. The van der Waals surface area contributed by atoms with E-state index >= 15 is 0 Å². The van der Waals surface area contributed by atoms with Crippen LogP contribution < -0.4 is 5.73 Å². The zero-order valence-electron chi connectivity index (χ0n) is 3.94. The predicted octanol–water partition coefficient (Wildman–Crippen LogP) is 0.899. The molecule has 44 valence electrons. The summed E-state index contributed by atoms with van der Waals surface area (Å²) in [6.45, 7) is 0. The lowest BCUT2D eigenvalue weighted by molar-refractivity contribution is 0.712. The molecule has 1 aliphatic rings. The largest absolute Gasteiger partial charge is 0.384 e. The second kappa shape index (κ2) is 2.34. The van der Waals surface area contributed by atoms with Gasteiger partial charge in [-0.25, -0.2) is 9.38 Å². The Bertz CT molecular complexity index is 180. The van der Waals surface area contributed by atoms with Crippen LogP contribution in [-0.2, 0) is 0 Å². The molecule has 2 nitrogen and oxygen atoms in total. The number of hydrogen-bond donors (Lipinski definition) is 1. The lowest BCUT2D eigenvalue weighted by atomic mass is 10.6. The third-order valence-corrected chi connectivity index (χ3v) is 2.07. The minimum atomic E-state index is -0.573. The average Bonchev–Trinajstić information content (AvgIpc) is 1.64. The second-order valence-electron chi connectivity index (χ2n) is 1.19. The Hall–Kier alpha value is -0.260. The lowest BCUT2D eigenvalue weighted by Crippen LogP contribution is -2.08. The van der Waals surface area contributed by atoms with E-state index in [9.17, 15) is 4.39 Å². The number of nitrogens with two attached hydrogens (primary N) is 1. The van der Waals surface area contributed by atoms with Crippen LogP contribution in [0.2, 0.25) is 0 Å². The highest BCUT2D eigenvalue weighted by molar-refractivity contribution is 14.2. The number of halogens is 2. The van der Waals surface area contributed by atoms with Crippen molar-refractivity contribution < 1.29 is 4.39 Å². The molecule has 1 heterocycles. The van der Waals surface area contributed by atoms with E-state index in [2.05, 4.69) is 4.99 Å². The van der Waals surface area contributed by atoms with Crippen molar-refractivity contribution in [2.75, 3.05) is 0 Å². The molecule has 0 amide bonds. The molecule has 1 rings (SSSR count). The van der Waals surface area contributed by atoms with Crippen molar-refractivity contribution >= 4 is 30.7 Å². The smallest absolute Gasteiger partial charge is 0.160 e. The minimum absolute atomic E-state index is 0.115. The summed E-state index contributed by atoms with van der Waals surface area (Å²) in [6.07, 6.45) is 1.27. The third-order valence-electron chi connectivity index (χ3n) is 0.608. The van der Waals surface area contributed by atoms with Gasteiger partial charge in [0.25, 0.3) is 0 Å². The maximum atomic E-state index is 12.2. The van der Waals surface area contributed by atoms with Crippen LogP contribution in [0, 0.1) is 0 Å². The molecule has 0 aliphatic carbocycles. The van der Waals surface area contributed by atoms with Crippen molar-refractivity contribution in [1.82, 2.24) is 0 Å². The van der Waals surface area contributed by atoms with Crippen LogP contribution in [0.15, 0.2) is 14.9 Å². The molecule has 0 fully saturated rings. The van der Waals surface area contributed by atoms with Gasteiger partial charge in [-0.3, -0.25) is 0 Å². The topological polar surface area (TPSA) is 38.4 Å². The van der Waals surface area contributed by atoms with E-state index in [1.54, 1.807) is 4.14 Å². The van der Waals surface area contributed by atoms with Crippen molar-refractivity contribution in [2.24, 2.45) is 10.7 Å². The molecule has 0 aromatic heterocycles. The normalized spacial score (nSPS) is 18.6. The molecule has 0 aromatic carbocycles. The van der Waals surface area contributed by atoms with E-state index in [0.29, 0.717) is 0 Å². The van der Waals surface area contributed by atoms with Gasteiger partial charge < -0.3 is 5.73 Å². The standard InChI is InChI=1S/C4H4FIN2/c5-3-1-4(7)8-2-6-3/h1-2H,(H2,7,8). The van der Waals surface area contributed by atoms with Crippen LogP contribution in [0.4, 0.5) is 4.39 Å². The Morgan fingerprint density at radius 1 is 1.75 bits per heavy atom. The summed E-state index contributed by atoms with van der Waals surface area (Å²) in [7, 11) is 0. The molecule has 8 heavy (non-hydrogen) atoms. The molecule has 1 aliphatic heterocycles. The summed E-state index contributed by atoms with van der Waals surface area (Å²) in [5, 5.41) is 0. The van der Waals surface area contributed by atoms with Crippen molar-refractivity contribution in [2.45, 2.75) is 0 Å². The molecule has 0 bridgehead atoms. The van der Waals surface area contributed by atoms with E-state index in [4.69, 9.17) is 5.73 Å². The van der Waals surface area contributed by atoms with Crippen molar-refractivity contribution in [3.63, 3.8) is 0 Å². The summed E-state index contributed by atoms with van der Waals surface area (Å²) in [5.74, 6) is 0.272. The van der Waals surface area contributed by atoms with Gasteiger partial charge in [-0.1, -0.05) is 0 Å². The fourth-order valence-electron chi connectivity index (χ4n) is 0.308. The molecule has 0 unspecified atom stereocenters. The fraction of sp³-hybridized carbons (Fsp3) is 0. The Labute approximate surface area is 56.0 Å². The van der Waals surface area contributed by atoms with Gasteiger partial charge in [0.05, 0.1) is 4.14 Å². The van der Waals surface area contributed by atoms with E-state index < -0.39 is 20.7 Å². The van der Waals surface area contributed by atoms with Crippen LogP contribution in [0.25, 0.3) is 0 Å². The molecule has 0 spiro atoms. The van der Waals surface area contributed by atoms with E-state index in [1.165, 1.54) is 6.08 Å².